The van der Waals surface area contributed by atoms with Gasteiger partial charge in [-0.3, -0.25) is 0 Å². The van der Waals surface area contributed by atoms with Crippen molar-refractivity contribution >= 4 is 15.5 Å². The summed E-state index contributed by atoms with van der Waals surface area (Å²) in [4.78, 5) is -0.361. The van der Waals surface area contributed by atoms with Crippen molar-refractivity contribution in [2.24, 2.45) is 5.41 Å². The molecule has 0 radical (unpaired) electrons. The summed E-state index contributed by atoms with van der Waals surface area (Å²) in [5.74, 6) is -3.39. The first-order chi connectivity index (χ1) is 9.83. The first kappa shape index (κ1) is 16.2. The van der Waals surface area contributed by atoms with Crippen LogP contribution in [0.2, 0.25) is 0 Å². The Balaban J connectivity index is 2.00. The van der Waals surface area contributed by atoms with Crippen LogP contribution in [-0.4, -0.2) is 33.9 Å². The quantitative estimate of drug-likeness (QED) is 0.906. The number of benzene rings is 1. The highest BCUT2D eigenvalue weighted by Crippen LogP contribution is 2.30. The van der Waals surface area contributed by atoms with Crippen LogP contribution in [-0.2, 0) is 14.6 Å². The molecule has 1 N–H and O–H groups in total. The average molecular weight is 319 g/mol. The van der Waals surface area contributed by atoms with Gasteiger partial charge in [0.15, 0.2) is 0 Å². The maximum Gasteiger partial charge on any atom is 0.341 e. The molecule has 0 aromatic heterocycles. The molecule has 0 bridgehead atoms. The lowest BCUT2D eigenvalue weighted by Crippen LogP contribution is -2.33. The molecular weight excluding hydrogens is 300 g/mol. The largest absolute Gasteiger partial charge is 0.384 e. The number of anilines is 1. The van der Waals surface area contributed by atoms with Crippen molar-refractivity contribution in [3.8, 4) is 0 Å². The van der Waals surface area contributed by atoms with Crippen LogP contribution in [0.5, 0.6) is 0 Å². The van der Waals surface area contributed by atoms with Gasteiger partial charge >= 0.3 is 5.76 Å². The van der Waals surface area contributed by atoms with Crippen LogP contribution in [0, 0.1) is 5.41 Å². The van der Waals surface area contributed by atoms with Gasteiger partial charge < -0.3 is 10.1 Å². The van der Waals surface area contributed by atoms with E-state index in [2.05, 4.69) is 12.2 Å². The zero-order valence-electron chi connectivity index (χ0n) is 11.8. The van der Waals surface area contributed by atoms with Crippen molar-refractivity contribution in [2.45, 2.75) is 30.4 Å². The summed E-state index contributed by atoms with van der Waals surface area (Å²) in [6, 6.07) is 5.43. The molecule has 0 saturated carbocycles. The number of hydrogen-bond donors (Lipinski definition) is 1. The number of alkyl halides is 2. The minimum absolute atomic E-state index is 0.131. The Bertz CT molecular complexity index is 566. The topological polar surface area (TPSA) is 55.4 Å². The molecule has 1 saturated heterocycles. The SMILES string of the molecule is CC1(CNc2ccc(S(=O)(=O)C(F)F)cc2)CCOCC1. The maximum atomic E-state index is 12.4. The minimum atomic E-state index is -4.52. The van der Waals surface area contributed by atoms with Crippen LogP contribution in [0.15, 0.2) is 29.2 Å². The fourth-order valence-electron chi connectivity index (χ4n) is 2.22. The van der Waals surface area contributed by atoms with Gasteiger partial charge in [-0.1, -0.05) is 6.92 Å². The van der Waals surface area contributed by atoms with E-state index in [0.29, 0.717) is 0 Å². The second-order valence-corrected chi connectivity index (χ2v) is 7.52. The lowest BCUT2D eigenvalue weighted by molar-refractivity contribution is 0.0300. The molecule has 4 nitrogen and oxygen atoms in total. The average Bonchev–Trinajstić information content (AvgIpc) is 2.46. The molecule has 1 aromatic rings. The normalized spacial score (nSPS) is 18.7. The molecule has 1 heterocycles. The third-order valence-corrected chi connectivity index (χ3v) is 5.23. The molecule has 1 aliphatic heterocycles. The van der Waals surface area contributed by atoms with Crippen molar-refractivity contribution in [3.05, 3.63) is 24.3 Å². The molecule has 0 atom stereocenters. The molecule has 0 aliphatic carbocycles. The maximum absolute atomic E-state index is 12.4. The first-order valence-electron chi connectivity index (χ1n) is 6.77. The van der Waals surface area contributed by atoms with Gasteiger partial charge in [0, 0.05) is 25.4 Å². The van der Waals surface area contributed by atoms with Crippen LogP contribution in [0.4, 0.5) is 14.5 Å². The number of hydrogen-bond acceptors (Lipinski definition) is 4. The number of ether oxygens (including phenoxy) is 1. The summed E-state index contributed by atoms with van der Waals surface area (Å²) in [5, 5.41) is 3.22. The van der Waals surface area contributed by atoms with E-state index in [-0.39, 0.29) is 10.3 Å². The van der Waals surface area contributed by atoms with E-state index in [9.17, 15) is 17.2 Å². The molecular formula is C14H19F2NO3S. The Kier molecular flexibility index (Phi) is 4.83. The summed E-state index contributed by atoms with van der Waals surface area (Å²) in [7, 11) is -4.52. The van der Waals surface area contributed by atoms with Crippen LogP contribution >= 0.6 is 0 Å². The van der Waals surface area contributed by atoms with Gasteiger partial charge in [0.1, 0.15) is 0 Å². The summed E-state index contributed by atoms with van der Waals surface area (Å²) < 4.78 is 52.8. The third kappa shape index (κ3) is 3.91. The summed E-state index contributed by atoms with van der Waals surface area (Å²) in [5.41, 5.74) is 0.849. The Labute approximate surface area is 123 Å². The van der Waals surface area contributed by atoms with Gasteiger partial charge in [0.25, 0.3) is 0 Å². The first-order valence-corrected chi connectivity index (χ1v) is 8.32. The Morgan fingerprint density at radius 3 is 2.33 bits per heavy atom. The highest BCUT2D eigenvalue weighted by atomic mass is 32.2. The predicted molar refractivity (Wildman–Crippen MR) is 76.3 cm³/mol. The van der Waals surface area contributed by atoms with Gasteiger partial charge in [-0.05, 0) is 42.5 Å². The van der Waals surface area contributed by atoms with E-state index in [0.717, 1.165) is 38.3 Å². The second kappa shape index (κ2) is 6.27. The lowest BCUT2D eigenvalue weighted by Gasteiger charge is -2.33. The molecule has 7 heteroatoms. The molecule has 2 rings (SSSR count). The van der Waals surface area contributed by atoms with Gasteiger partial charge in [0.05, 0.1) is 4.90 Å². The molecule has 21 heavy (non-hydrogen) atoms. The number of rotatable bonds is 5. The van der Waals surface area contributed by atoms with E-state index < -0.39 is 15.6 Å². The number of sulfone groups is 1. The molecule has 0 spiro atoms. The van der Waals surface area contributed by atoms with Crippen molar-refractivity contribution in [1.82, 2.24) is 0 Å². The number of nitrogens with one attached hydrogen (secondary N) is 1. The molecule has 1 fully saturated rings. The van der Waals surface area contributed by atoms with Gasteiger partial charge in [-0.2, -0.15) is 8.78 Å². The lowest BCUT2D eigenvalue weighted by atomic mass is 9.82. The van der Waals surface area contributed by atoms with Gasteiger partial charge in [0.2, 0.25) is 9.84 Å². The van der Waals surface area contributed by atoms with Crippen LogP contribution in [0.25, 0.3) is 0 Å². The van der Waals surface area contributed by atoms with E-state index in [1.54, 1.807) is 0 Å². The zero-order valence-corrected chi connectivity index (χ0v) is 12.6. The Morgan fingerprint density at radius 2 is 1.81 bits per heavy atom. The molecule has 118 valence electrons. The summed E-state index contributed by atoms with van der Waals surface area (Å²) >= 11 is 0. The fourth-order valence-corrected chi connectivity index (χ4v) is 2.94. The third-order valence-electron chi connectivity index (χ3n) is 3.84. The number of halogens is 2. The van der Waals surface area contributed by atoms with Crippen molar-refractivity contribution in [1.29, 1.82) is 0 Å². The predicted octanol–water partition coefficient (Wildman–Crippen LogP) is 2.91. The molecule has 0 amide bonds. The van der Waals surface area contributed by atoms with Gasteiger partial charge in [-0.25, -0.2) is 8.42 Å². The van der Waals surface area contributed by atoms with Gasteiger partial charge in [-0.15, -0.1) is 0 Å². The summed E-state index contributed by atoms with van der Waals surface area (Å²) in [6.45, 7) is 4.38. The molecule has 1 aromatic carbocycles. The van der Waals surface area contributed by atoms with Crippen molar-refractivity contribution in [2.75, 3.05) is 25.1 Å². The van der Waals surface area contributed by atoms with Crippen molar-refractivity contribution in [3.63, 3.8) is 0 Å². The van der Waals surface area contributed by atoms with E-state index in [1.165, 1.54) is 24.3 Å². The van der Waals surface area contributed by atoms with Crippen LogP contribution in [0.1, 0.15) is 19.8 Å². The Morgan fingerprint density at radius 1 is 1.24 bits per heavy atom. The minimum Gasteiger partial charge on any atom is -0.384 e. The van der Waals surface area contributed by atoms with Crippen LogP contribution in [0.3, 0.4) is 0 Å². The zero-order chi connectivity index (χ0) is 15.5. The second-order valence-electron chi connectivity index (χ2n) is 5.61. The fraction of sp³-hybridized carbons (Fsp3) is 0.571. The van der Waals surface area contributed by atoms with Crippen molar-refractivity contribution < 1.29 is 21.9 Å². The molecule has 1 aliphatic rings. The highest BCUT2D eigenvalue weighted by molar-refractivity contribution is 7.91. The summed E-state index contributed by atoms with van der Waals surface area (Å²) in [6.07, 6.45) is 1.91. The van der Waals surface area contributed by atoms with E-state index in [1.807, 2.05) is 0 Å². The Hall–Kier alpha value is -1.21. The van der Waals surface area contributed by atoms with Crippen LogP contribution < -0.4 is 5.32 Å². The monoisotopic (exact) mass is 319 g/mol. The smallest absolute Gasteiger partial charge is 0.341 e. The highest BCUT2D eigenvalue weighted by Gasteiger charge is 2.28. The van der Waals surface area contributed by atoms with E-state index in [4.69, 9.17) is 4.74 Å². The van der Waals surface area contributed by atoms with E-state index >= 15 is 0 Å². The standard InChI is InChI=1S/C14H19F2NO3S/c1-14(6-8-20-9-7-14)10-17-11-2-4-12(5-3-11)21(18,19)13(15)16/h2-5,13,17H,6-10H2,1H3. The molecule has 0 unspecified atom stereocenters.